The fourth-order valence-electron chi connectivity index (χ4n) is 3.58. The number of carbonyl (C=O) groups excluding carboxylic acids is 2. The molecule has 0 bridgehead atoms. The number of esters is 1. The summed E-state index contributed by atoms with van der Waals surface area (Å²) < 4.78 is 5.46. The van der Waals surface area contributed by atoms with Gasteiger partial charge in [0.05, 0.1) is 28.1 Å². The molecular weight excluding hydrogens is 437 g/mol. The van der Waals surface area contributed by atoms with Crippen LogP contribution in [0, 0.1) is 0 Å². The molecule has 2 aromatic carbocycles. The fraction of sp³-hybridized carbons (Fsp3) is 0.217. The maximum Gasteiger partial charge on any atom is 0.342 e. The first-order chi connectivity index (χ1) is 14.8. The molecule has 0 spiro atoms. The van der Waals surface area contributed by atoms with Crippen molar-refractivity contribution in [3.8, 4) is 0 Å². The minimum atomic E-state index is -0.493. The van der Waals surface area contributed by atoms with Gasteiger partial charge in [-0.1, -0.05) is 41.4 Å². The molecule has 1 aliphatic heterocycles. The molecule has 160 valence electrons. The first kappa shape index (κ1) is 21.3. The number of amides is 2. The van der Waals surface area contributed by atoms with E-state index in [1.54, 1.807) is 32.0 Å². The molecule has 0 fully saturated rings. The normalized spacial score (nSPS) is 13.6. The summed E-state index contributed by atoms with van der Waals surface area (Å²) in [5.41, 5.74) is 3.31. The van der Waals surface area contributed by atoms with E-state index in [1.165, 1.54) is 11.1 Å². The Hall–Kier alpha value is -2.96. The molecule has 8 heteroatoms. The molecule has 1 aliphatic rings. The number of ether oxygens (including phenoxy) is 1. The molecule has 4 rings (SSSR count). The molecule has 0 saturated heterocycles. The number of nitrogens with one attached hydrogen (secondary N) is 2. The van der Waals surface area contributed by atoms with Crippen LogP contribution in [0.25, 0.3) is 16.5 Å². The van der Waals surface area contributed by atoms with E-state index in [-0.39, 0.29) is 6.10 Å². The summed E-state index contributed by atoms with van der Waals surface area (Å²) in [6.45, 7) is 3.95. The molecule has 0 aliphatic carbocycles. The summed E-state index contributed by atoms with van der Waals surface area (Å²) in [4.78, 5) is 30.7. The third kappa shape index (κ3) is 4.40. The van der Waals surface area contributed by atoms with Crippen molar-refractivity contribution in [2.75, 3.05) is 11.9 Å². The average Bonchev–Trinajstić information content (AvgIpc) is 2.96. The third-order valence-electron chi connectivity index (χ3n) is 4.97. The standard InChI is InChI=1S/C23H21Cl2N3O3/c1-13(2)31-22(29)17-12-28(23(30)27-20-8-7-14(24)11-18(20)25)10-9-16-15-5-3-4-6-19(15)26-21(16)17/h3-8,11-13,26H,9-10H2,1-2H3,(H,27,30). The lowest BCUT2D eigenvalue weighted by atomic mass is 10.0. The van der Waals surface area contributed by atoms with Crippen LogP contribution in [-0.4, -0.2) is 34.5 Å². The Balaban J connectivity index is 1.71. The number of benzene rings is 2. The van der Waals surface area contributed by atoms with Crippen molar-refractivity contribution < 1.29 is 14.3 Å². The van der Waals surface area contributed by atoms with Crippen LogP contribution in [0.5, 0.6) is 0 Å². The number of carbonyl (C=O) groups is 2. The lowest BCUT2D eigenvalue weighted by molar-refractivity contribution is -0.140. The number of aromatic amines is 1. The number of hydrogen-bond donors (Lipinski definition) is 2. The van der Waals surface area contributed by atoms with E-state index in [2.05, 4.69) is 10.3 Å². The highest BCUT2D eigenvalue weighted by molar-refractivity contribution is 6.36. The Morgan fingerprint density at radius 3 is 2.68 bits per heavy atom. The van der Waals surface area contributed by atoms with Crippen molar-refractivity contribution in [1.82, 2.24) is 9.88 Å². The number of fused-ring (bicyclic) bond motifs is 3. The first-order valence-electron chi connectivity index (χ1n) is 9.89. The van der Waals surface area contributed by atoms with Crippen molar-refractivity contribution in [2.45, 2.75) is 26.4 Å². The Bertz CT molecular complexity index is 1200. The number of urea groups is 1. The molecule has 0 atom stereocenters. The molecule has 0 radical (unpaired) electrons. The van der Waals surface area contributed by atoms with Gasteiger partial charge >= 0.3 is 12.0 Å². The molecule has 0 saturated carbocycles. The highest BCUT2D eigenvalue weighted by Gasteiger charge is 2.28. The van der Waals surface area contributed by atoms with Crippen molar-refractivity contribution in [2.24, 2.45) is 0 Å². The predicted molar refractivity (Wildman–Crippen MR) is 123 cm³/mol. The average molecular weight is 458 g/mol. The Morgan fingerprint density at radius 2 is 1.94 bits per heavy atom. The van der Waals surface area contributed by atoms with Crippen LogP contribution in [0.15, 0.2) is 48.7 Å². The van der Waals surface area contributed by atoms with E-state index >= 15 is 0 Å². The van der Waals surface area contributed by atoms with Crippen LogP contribution in [0.2, 0.25) is 10.0 Å². The van der Waals surface area contributed by atoms with Crippen LogP contribution in [-0.2, 0) is 16.0 Å². The van der Waals surface area contributed by atoms with Gasteiger partial charge in [0.2, 0.25) is 0 Å². The Morgan fingerprint density at radius 1 is 1.16 bits per heavy atom. The number of hydrogen-bond acceptors (Lipinski definition) is 3. The van der Waals surface area contributed by atoms with E-state index in [9.17, 15) is 9.59 Å². The van der Waals surface area contributed by atoms with Crippen LogP contribution >= 0.6 is 23.2 Å². The Labute approximate surface area is 189 Å². The van der Waals surface area contributed by atoms with Crippen LogP contribution in [0.1, 0.15) is 25.1 Å². The maximum absolute atomic E-state index is 13.0. The number of halogens is 2. The lowest BCUT2D eigenvalue weighted by Gasteiger charge is -2.19. The largest absolute Gasteiger partial charge is 0.459 e. The number of anilines is 1. The van der Waals surface area contributed by atoms with Crippen LogP contribution in [0.4, 0.5) is 10.5 Å². The predicted octanol–water partition coefficient (Wildman–Crippen LogP) is 5.86. The van der Waals surface area contributed by atoms with Gasteiger partial charge in [-0.25, -0.2) is 9.59 Å². The Kier molecular flexibility index (Phi) is 5.94. The molecule has 2 amide bonds. The molecule has 2 heterocycles. The van der Waals surface area contributed by atoms with E-state index in [4.69, 9.17) is 27.9 Å². The number of rotatable bonds is 3. The summed E-state index contributed by atoms with van der Waals surface area (Å²) >= 11 is 12.1. The van der Waals surface area contributed by atoms with Crippen LogP contribution < -0.4 is 5.32 Å². The van der Waals surface area contributed by atoms with E-state index in [0.717, 1.165) is 16.5 Å². The van der Waals surface area contributed by atoms with Crippen molar-refractivity contribution in [1.29, 1.82) is 0 Å². The second-order valence-corrected chi connectivity index (χ2v) is 8.36. The SMILES string of the molecule is CC(C)OC(=O)C1=CN(C(=O)Nc2ccc(Cl)cc2Cl)CCc2c1[nH]c1ccccc21. The highest BCUT2D eigenvalue weighted by Crippen LogP contribution is 2.32. The summed E-state index contributed by atoms with van der Waals surface area (Å²) in [7, 11) is 0. The van der Waals surface area contributed by atoms with Crippen molar-refractivity contribution in [3.05, 3.63) is 70.0 Å². The molecule has 3 aromatic rings. The monoisotopic (exact) mass is 457 g/mol. The van der Waals surface area contributed by atoms with Gasteiger partial charge in [-0.05, 0) is 50.1 Å². The molecule has 0 unspecified atom stereocenters. The maximum atomic E-state index is 13.0. The molecule has 6 nitrogen and oxygen atoms in total. The summed E-state index contributed by atoms with van der Waals surface area (Å²) in [6.07, 6.45) is 1.81. The quantitative estimate of drug-likeness (QED) is 0.483. The van der Waals surface area contributed by atoms with Gasteiger partial charge in [-0.3, -0.25) is 4.90 Å². The van der Waals surface area contributed by atoms with E-state index < -0.39 is 12.0 Å². The second kappa shape index (κ2) is 8.65. The summed E-state index contributed by atoms with van der Waals surface area (Å²) in [5.74, 6) is -0.493. The van der Waals surface area contributed by atoms with Crippen molar-refractivity contribution in [3.63, 3.8) is 0 Å². The van der Waals surface area contributed by atoms with Gasteiger partial charge in [0.15, 0.2) is 0 Å². The van der Waals surface area contributed by atoms with Crippen molar-refractivity contribution >= 4 is 57.4 Å². The number of aromatic nitrogens is 1. The third-order valence-corrected chi connectivity index (χ3v) is 5.51. The lowest BCUT2D eigenvalue weighted by Crippen LogP contribution is -2.32. The number of nitrogens with zero attached hydrogens (tertiary/aromatic N) is 1. The van der Waals surface area contributed by atoms with Gasteiger partial charge in [0.1, 0.15) is 0 Å². The van der Waals surface area contributed by atoms with Gasteiger partial charge in [0.25, 0.3) is 0 Å². The zero-order valence-electron chi connectivity index (χ0n) is 17.0. The fourth-order valence-corrected chi connectivity index (χ4v) is 4.03. The van der Waals surface area contributed by atoms with Gasteiger partial charge in [0, 0.05) is 28.7 Å². The van der Waals surface area contributed by atoms with Gasteiger partial charge in [-0.15, -0.1) is 0 Å². The minimum Gasteiger partial charge on any atom is -0.459 e. The zero-order valence-corrected chi connectivity index (χ0v) is 18.6. The second-order valence-electron chi connectivity index (χ2n) is 7.52. The number of H-pyrrole nitrogens is 1. The zero-order chi connectivity index (χ0) is 22.1. The summed E-state index contributed by atoms with van der Waals surface area (Å²) in [6, 6.07) is 12.3. The topological polar surface area (TPSA) is 74.4 Å². The van der Waals surface area contributed by atoms with E-state index in [1.807, 2.05) is 24.3 Å². The summed E-state index contributed by atoms with van der Waals surface area (Å²) in [5, 5.41) is 4.60. The molecular formula is C23H21Cl2N3O3. The van der Waals surface area contributed by atoms with E-state index in [0.29, 0.717) is 40.0 Å². The molecule has 1 aromatic heterocycles. The van der Waals surface area contributed by atoms with Gasteiger partial charge < -0.3 is 15.0 Å². The smallest absolute Gasteiger partial charge is 0.342 e. The molecule has 2 N–H and O–H groups in total. The van der Waals surface area contributed by atoms with Gasteiger partial charge in [-0.2, -0.15) is 0 Å². The van der Waals surface area contributed by atoms with Crippen LogP contribution in [0.3, 0.4) is 0 Å². The molecule has 31 heavy (non-hydrogen) atoms. The highest BCUT2D eigenvalue weighted by atomic mass is 35.5. The number of para-hydroxylation sites is 1. The first-order valence-corrected chi connectivity index (χ1v) is 10.6. The minimum absolute atomic E-state index is 0.292.